The molecule has 24 heavy (non-hydrogen) atoms. The molecule has 1 saturated carbocycles. The Kier molecular flexibility index (Phi) is 3.96. The zero-order valence-corrected chi connectivity index (χ0v) is 13.6. The van der Waals surface area contributed by atoms with Gasteiger partial charge in [0.15, 0.2) is 0 Å². The van der Waals surface area contributed by atoms with Gasteiger partial charge in [0.25, 0.3) is 5.91 Å². The topological polar surface area (TPSA) is 84.4 Å². The third-order valence-corrected chi connectivity index (χ3v) is 5.09. The Balaban J connectivity index is 1.24. The standard InChI is InChI=1S/C17H22N4O3/c22-15(19-7-12-1-2-12)5-13-6-17(24-8-13)9-21(10-17)16(23)14-3-4-18-11-20-14/h3-4,11-13H,1-2,5-10H2,(H,19,22). The maximum absolute atomic E-state index is 12.3. The number of likely N-dealkylation sites (tertiary alicyclic amines) is 1. The summed E-state index contributed by atoms with van der Waals surface area (Å²) < 4.78 is 5.94. The summed E-state index contributed by atoms with van der Waals surface area (Å²) in [5, 5.41) is 3.01. The number of ether oxygens (including phenoxy) is 1. The van der Waals surface area contributed by atoms with Gasteiger partial charge >= 0.3 is 0 Å². The summed E-state index contributed by atoms with van der Waals surface area (Å²) in [6, 6.07) is 1.62. The Labute approximate surface area is 140 Å². The van der Waals surface area contributed by atoms with Crippen LogP contribution in [0.4, 0.5) is 0 Å². The molecule has 1 spiro atoms. The zero-order valence-electron chi connectivity index (χ0n) is 13.6. The molecule has 7 nitrogen and oxygen atoms in total. The maximum Gasteiger partial charge on any atom is 0.272 e. The Bertz CT molecular complexity index is 626. The highest BCUT2D eigenvalue weighted by atomic mass is 16.5. The molecule has 128 valence electrons. The fourth-order valence-corrected chi connectivity index (χ4v) is 3.58. The number of rotatable bonds is 5. The Morgan fingerprint density at radius 3 is 2.88 bits per heavy atom. The normalized spacial score (nSPS) is 24.7. The van der Waals surface area contributed by atoms with E-state index in [0.29, 0.717) is 37.7 Å². The van der Waals surface area contributed by atoms with Crippen LogP contribution in [0.2, 0.25) is 0 Å². The van der Waals surface area contributed by atoms with E-state index in [-0.39, 0.29) is 23.3 Å². The van der Waals surface area contributed by atoms with E-state index in [1.54, 1.807) is 17.2 Å². The van der Waals surface area contributed by atoms with Gasteiger partial charge in [-0.15, -0.1) is 0 Å². The highest BCUT2D eigenvalue weighted by molar-refractivity contribution is 5.92. The minimum atomic E-state index is -0.260. The molecular weight excluding hydrogens is 308 g/mol. The van der Waals surface area contributed by atoms with Gasteiger partial charge in [-0.2, -0.15) is 0 Å². The molecule has 1 unspecified atom stereocenters. The van der Waals surface area contributed by atoms with Crippen molar-refractivity contribution in [3.8, 4) is 0 Å². The Hall–Kier alpha value is -2.02. The van der Waals surface area contributed by atoms with Crippen LogP contribution < -0.4 is 5.32 Å². The Morgan fingerprint density at radius 1 is 1.33 bits per heavy atom. The highest BCUT2D eigenvalue weighted by Gasteiger charge is 2.51. The van der Waals surface area contributed by atoms with Gasteiger partial charge in [0.05, 0.1) is 19.7 Å². The molecule has 0 bridgehead atoms. The molecule has 1 aliphatic carbocycles. The summed E-state index contributed by atoms with van der Waals surface area (Å²) in [7, 11) is 0. The summed E-state index contributed by atoms with van der Waals surface area (Å²) in [4.78, 5) is 33.8. The fourth-order valence-electron chi connectivity index (χ4n) is 3.58. The van der Waals surface area contributed by atoms with Gasteiger partial charge < -0.3 is 15.0 Å². The van der Waals surface area contributed by atoms with E-state index < -0.39 is 0 Å². The van der Waals surface area contributed by atoms with Crippen LogP contribution in [-0.2, 0) is 9.53 Å². The summed E-state index contributed by atoms with van der Waals surface area (Å²) in [6.45, 7) is 2.58. The van der Waals surface area contributed by atoms with Crippen molar-refractivity contribution in [3.05, 3.63) is 24.3 Å². The molecule has 3 aliphatic rings. The number of hydrogen-bond acceptors (Lipinski definition) is 5. The largest absolute Gasteiger partial charge is 0.371 e. The van der Waals surface area contributed by atoms with Crippen molar-refractivity contribution in [2.45, 2.75) is 31.3 Å². The van der Waals surface area contributed by atoms with Gasteiger partial charge in [0.1, 0.15) is 17.6 Å². The van der Waals surface area contributed by atoms with Crippen LogP contribution in [0.1, 0.15) is 36.2 Å². The highest BCUT2D eigenvalue weighted by Crippen LogP contribution is 2.39. The molecule has 7 heteroatoms. The minimum Gasteiger partial charge on any atom is -0.371 e. The minimum absolute atomic E-state index is 0.0859. The quantitative estimate of drug-likeness (QED) is 0.856. The number of nitrogens with one attached hydrogen (secondary N) is 1. The first-order valence-corrected chi connectivity index (χ1v) is 8.59. The molecule has 4 rings (SSSR count). The second kappa shape index (κ2) is 6.12. The average Bonchev–Trinajstić information content (AvgIpc) is 3.30. The van der Waals surface area contributed by atoms with Crippen LogP contribution in [0.5, 0.6) is 0 Å². The first kappa shape index (κ1) is 15.5. The third-order valence-electron chi connectivity index (χ3n) is 5.09. The first-order chi connectivity index (χ1) is 11.6. The van der Waals surface area contributed by atoms with Crippen LogP contribution in [0.3, 0.4) is 0 Å². The zero-order chi connectivity index (χ0) is 16.6. The van der Waals surface area contributed by atoms with Gasteiger partial charge in [-0.25, -0.2) is 9.97 Å². The van der Waals surface area contributed by atoms with Crippen molar-refractivity contribution in [3.63, 3.8) is 0 Å². The average molecular weight is 330 g/mol. The monoisotopic (exact) mass is 330 g/mol. The molecule has 2 aliphatic heterocycles. The molecule has 0 aromatic carbocycles. The van der Waals surface area contributed by atoms with E-state index in [1.165, 1.54) is 19.2 Å². The molecule has 1 aromatic rings. The van der Waals surface area contributed by atoms with E-state index in [0.717, 1.165) is 13.0 Å². The predicted molar refractivity (Wildman–Crippen MR) is 85.1 cm³/mol. The van der Waals surface area contributed by atoms with Crippen LogP contribution in [0, 0.1) is 11.8 Å². The van der Waals surface area contributed by atoms with Crippen molar-refractivity contribution in [1.29, 1.82) is 0 Å². The van der Waals surface area contributed by atoms with Crippen LogP contribution in [0.25, 0.3) is 0 Å². The summed E-state index contributed by atoms with van der Waals surface area (Å²) in [6.07, 6.45) is 6.80. The molecule has 1 aromatic heterocycles. The molecule has 2 saturated heterocycles. The first-order valence-electron chi connectivity index (χ1n) is 8.59. The number of carbonyl (C=O) groups is 2. The van der Waals surface area contributed by atoms with E-state index in [2.05, 4.69) is 15.3 Å². The van der Waals surface area contributed by atoms with Crippen LogP contribution in [-0.4, -0.2) is 58.5 Å². The molecule has 1 atom stereocenters. The van der Waals surface area contributed by atoms with Crippen LogP contribution >= 0.6 is 0 Å². The lowest BCUT2D eigenvalue weighted by atomic mass is 9.85. The molecule has 0 radical (unpaired) electrons. The number of aromatic nitrogens is 2. The van der Waals surface area contributed by atoms with Crippen molar-refractivity contribution in [1.82, 2.24) is 20.2 Å². The lowest BCUT2D eigenvalue weighted by Crippen LogP contribution is -2.63. The SMILES string of the molecule is O=C(CC1COC2(C1)CN(C(=O)c1ccncn1)C2)NCC1CC1. The van der Waals surface area contributed by atoms with E-state index in [9.17, 15) is 9.59 Å². The van der Waals surface area contributed by atoms with Crippen molar-refractivity contribution in [2.75, 3.05) is 26.2 Å². The van der Waals surface area contributed by atoms with E-state index >= 15 is 0 Å². The molecule has 3 heterocycles. The maximum atomic E-state index is 12.3. The molecule has 1 N–H and O–H groups in total. The van der Waals surface area contributed by atoms with E-state index in [4.69, 9.17) is 4.74 Å². The van der Waals surface area contributed by atoms with Crippen molar-refractivity contribution in [2.24, 2.45) is 11.8 Å². The Morgan fingerprint density at radius 2 is 2.17 bits per heavy atom. The number of nitrogens with zero attached hydrogens (tertiary/aromatic N) is 3. The predicted octanol–water partition coefficient (Wildman–Crippen LogP) is 0.624. The lowest BCUT2D eigenvalue weighted by Gasteiger charge is -2.47. The van der Waals surface area contributed by atoms with E-state index in [1.807, 2.05) is 0 Å². The number of carbonyl (C=O) groups excluding carboxylic acids is 2. The fraction of sp³-hybridized carbons (Fsp3) is 0.647. The van der Waals surface area contributed by atoms with Gasteiger partial charge in [0, 0.05) is 19.2 Å². The molecule has 2 amide bonds. The molecular formula is C17H22N4O3. The summed E-state index contributed by atoms with van der Waals surface area (Å²) in [5.41, 5.74) is 0.151. The van der Waals surface area contributed by atoms with Gasteiger partial charge in [0.2, 0.25) is 5.91 Å². The van der Waals surface area contributed by atoms with Gasteiger partial charge in [-0.05, 0) is 37.2 Å². The third kappa shape index (κ3) is 3.26. The second-order valence-corrected chi connectivity index (χ2v) is 7.27. The number of hydrogen-bond donors (Lipinski definition) is 1. The van der Waals surface area contributed by atoms with Gasteiger partial charge in [-0.1, -0.05) is 0 Å². The van der Waals surface area contributed by atoms with Gasteiger partial charge in [-0.3, -0.25) is 9.59 Å². The lowest BCUT2D eigenvalue weighted by molar-refractivity contribution is -0.122. The summed E-state index contributed by atoms with van der Waals surface area (Å²) >= 11 is 0. The van der Waals surface area contributed by atoms with Crippen molar-refractivity contribution < 1.29 is 14.3 Å². The van der Waals surface area contributed by atoms with Crippen molar-refractivity contribution >= 4 is 11.8 Å². The van der Waals surface area contributed by atoms with Crippen LogP contribution in [0.15, 0.2) is 18.6 Å². The second-order valence-electron chi connectivity index (χ2n) is 7.27. The molecule has 3 fully saturated rings. The smallest absolute Gasteiger partial charge is 0.272 e. The summed E-state index contributed by atoms with van der Waals surface area (Å²) in [5.74, 6) is 0.992. The number of amides is 2.